The zero-order chi connectivity index (χ0) is 16.2. The highest BCUT2D eigenvalue weighted by molar-refractivity contribution is 8.00. The summed E-state index contributed by atoms with van der Waals surface area (Å²) in [5, 5.41) is 10.8. The Morgan fingerprint density at radius 3 is 2.91 bits per heavy atom. The first-order chi connectivity index (χ1) is 11.1. The summed E-state index contributed by atoms with van der Waals surface area (Å²) in [7, 11) is 0. The number of furan rings is 1. The summed E-state index contributed by atoms with van der Waals surface area (Å²) in [5.74, 6) is 0.938. The molecule has 0 unspecified atom stereocenters. The van der Waals surface area contributed by atoms with Crippen LogP contribution in [0, 0.1) is 0 Å². The van der Waals surface area contributed by atoms with Crippen LogP contribution in [0.5, 0.6) is 0 Å². The molecule has 3 rings (SSSR count). The van der Waals surface area contributed by atoms with E-state index in [4.69, 9.17) is 20.4 Å². The minimum absolute atomic E-state index is 0.234. The van der Waals surface area contributed by atoms with E-state index in [1.54, 1.807) is 31.2 Å². The molecule has 0 bridgehead atoms. The zero-order valence-electron chi connectivity index (χ0n) is 11.9. The number of hydrogen-bond donors (Lipinski definition) is 1. The van der Waals surface area contributed by atoms with Crippen molar-refractivity contribution in [2.24, 2.45) is 0 Å². The Hall–Kier alpha value is -2.32. The molecule has 0 aliphatic rings. The number of pyridine rings is 1. The third kappa shape index (κ3) is 3.91. The maximum Gasteiger partial charge on any atom is 0.284 e. The van der Waals surface area contributed by atoms with E-state index in [1.807, 2.05) is 0 Å². The maximum absolute atomic E-state index is 12.1. The highest BCUT2D eigenvalue weighted by Crippen LogP contribution is 2.26. The van der Waals surface area contributed by atoms with Crippen LogP contribution in [0.3, 0.4) is 0 Å². The molecule has 3 aromatic rings. The minimum Gasteiger partial charge on any atom is -0.459 e. The summed E-state index contributed by atoms with van der Waals surface area (Å²) >= 11 is 6.89. The first kappa shape index (κ1) is 15.6. The van der Waals surface area contributed by atoms with Gasteiger partial charge in [0, 0.05) is 6.20 Å². The summed E-state index contributed by atoms with van der Waals surface area (Å²) in [6.45, 7) is 1.73. The Labute approximate surface area is 140 Å². The van der Waals surface area contributed by atoms with Crippen molar-refractivity contribution >= 4 is 35.1 Å². The van der Waals surface area contributed by atoms with Gasteiger partial charge in [-0.3, -0.25) is 4.79 Å². The van der Waals surface area contributed by atoms with E-state index in [9.17, 15) is 4.79 Å². The van der Waals surface area contributed by atoms with Gasteiger partial charge >= 0.3 is 0 Å². The van der Waals surface area contributed by atoms with E-state index in [-0.39, 0.29) is 17.0 Å². The first-order valence-electron chi connectivity index (χ1n) is 6.58. The van der Waals surface area contributed by atoms with E-state index in [0.29, 0.717) is 16.6 Å². The molecule has 0 saturated heterocycles. The van der Waals surface area contributed by atoms with Crippen LogP contribution in [0.1, 0.15) is 6.92 Å². The molecule has 0 aliphatic carbocycles. The SMILES string of the molecule is C[C@@H](Sc1nnc(-c2ccco2)o1)C(=O)Nc1ccc(Cl)cn1. The largest absolute Gasteiger partial charge is 0.459 e. The Morgan fingerprint density at radius 1 is 1.35 bits per heavy atom. The molecule has 7 nitrogen and oxygen atoms in total. The summed E-state index contributed by atoms with van der Waals surface area (Å²) < 4.78 is 10.6. The molecule has 0 saturated carbocycles. The van der Waals surface area contributed by atoms with Gasteiger partial charge in [0.2, 0.25) is 5.91 Å². The van der Waals surface area contributed by atoms with Crippen molar-refractivity contribution in [2.75, 3.05) is 5.32 Å². The second-order valence-corrected chi connectivity index (χ2v) is 6.19. The number of carbonyl (C=O) groups is 1. The summed E-state index contributed by atoms with van der Waals surface area (Å²) in [5.41, 5.74) is 0. The number of aromatic nitrogens is 3. The predicted molar refractivity (Wildman–Crippen MR) is 85.2 cm³/mol. The van der Waals surface area contributed by atoms with Crippen LogP contribution in [-0.2, 0) is 4.79 Å². The number of carbonyl (C=O) groups excluding carboxylic acids is 1. The summed E-state index contributed by atoms with van der Waals surface area (Å²) in [6, 6.07) is 6.71. The number of hydrogen-bond acceptors (Lipinski definition) is 7. The lowest BCUT2D eigenvalue weighted by molar-refractivity contribution is -0.115. The van der Waals surface area contributed by atoms with Gasteiger partial charge in [-0.25, -0.2) is 4.98 Å². The molecule has 9 heteroatoms. The van der Waals surface area contributed by atoms with Crippen LogP contribution in [0.25, 0.3) is 11.7 Å². The molecular formula is C14H11ClN4O3S. The fourth-order valence-electron chi connectivity index (χ4n) is 1.64. The standard InChI is InChI=1S/C14H11ClN4O3S/c1-8(12(20)17-11-5-4-9(15)7-16-11)23-14-19-18-13(22-14)10-3-2-6-21-10/h2-8H,1H3,(H,16,17,20)/t8-/m1/s1. The molecule has 118 valence electrons. The Morgan fingerprint density at radius 2 is 2.22 bits per heavy atom. The molecule has 1 atom stereocenters. The van der Waals surface area contributed by atoms with Crippen molar-refractivity contribution < 1.29 is 13.6 Å². The van der Waals surface area contributed by atoms with Crippen LogP contribution in [-0.4, -0.2) is 26.3 Å². The summed E-state index contributed by atoms with van der Waals surface area (Å²) in [6.07, 6.45) is 2.98. The lowest BCUT2D eigenvalue weighted by atomic mass is 10.4. The van der Waals surface area contributed by atoms with Gasteiger partial charge in [0.1, 0.15) is 5.82 Å². The molecule has 1 amide bonds. The highest BCUT2D eigenvalue weighted by Gasteiger charge is 2.19. The van der Waals surface area contributed by atoms with Gasteiger partial charge in [-0.05, 0) is 31.2 Å². The van der Waals surface area contributed by atoms with Crippen LogP contribution in [0.15, 0.2) is 50.8 Å². The predicted octanol–water partition coefficient (Wildman–Crippen LogP) is 3.50. The number of thioether (sulfide) groups is 1. The quantitative estimate of drug-likeness (QED) is 0.703. The second-order valence-electron chi connectivity index (χ2n) is 4.46. The Balaban J connectivity index is 1.61. The van der Waals surface area contributed by atoms with Gasteiger partial charge < -0.3 is 14.2 Å². The van der Waals surface area contributed by atoms with Crippen molar-refractivity contribution in [1.82, 2.24) is 15.2 Å². The first-order valence-corrected chi connectivity index (χ1v) is 7.84. The molecule has 23 heavy (non-hydrogen) atoms. The van der Waals surface area contributed by atoms with E-state index >= 15 is 0 Å². The van der Waals surface area contributed by atoms with Gasteiger partial charge in [0.15, 0.2) is 5.76 Å². The fourth-order valence-corrected chi connectivity index (χ4v) is 2.43. The third-order valence-electron chi connectivity index (χ3n) is 2.76. The topological polar surface area (TPSA) is 94.0 Å². The Bertz CT molecular complexity index is 789. The lowest BCUT2D eigenvalue weighted by Gasteiger charge is -2.08. The molecule has 3 heterocycles. The number of nitrogens with one attached hydrogen (secondary N) is 1. The van der Waals surface area contributed by atoms with Crippen LogP contribution >= 0.6 is 23.4 Å². The smallest absolute Gasteiger partial charge is 0.284 e. The third-order valence-corrected chi connectivity index (χ3v) is 3.92. The molecular weight excluding hydrogens is 340 g/mol. The molecule has 0 radical (unpaired) electrons. The van der Waals surface area contributed by atoms with Gasteiger partial charge in [-0.2, -0.15) is 0 Å². The molecule has 0 aliphatic heterocycles. The monoisotopic (exact) mass is 350 g/mol. The van der Waals surface area contributed by atoms with Gasteiger partial charge in [-0.15, -0.1) is 10.2 Å². The molecule has 1 N–H and O–H groups in total. The fraction of sp³-hybridized carbons (Fsp3) is 0.143. The van der Waals surface area contributed by atoms with Crippen LogP contribution < -0.4 is 5.32 Å². The van der Waals surface area contributed by atoms with E-state index < -0.39 is 5.25 Å². The molecule has 0 spiro atoms. The second kappa shape index (κ2) is 6.84. The average Bonchev–Trinajstić information content (AvgIpc) is 3.20. The van der Waals surface area contributed by atoms with E-state index in [0.717, 1.165) is 11.8 Å². The average molecular weight is 351 g/mol. The number of halogens is 1. The Kier molecular flexibility index (Phi) is 4.63. The van der Waals surface area contributed by atoms with Crippen LogP contribution in [0.2, 0.25) is 5.02 Å². The van der Waals surface area contributed by atoms with Crippen molar-refractivity contribution in [3.63, 3.8) is 0 Å². The number of anilines is 1. The van der Waals surface area contributed by atoms with E-state index in [2.05, 4.69) is 20.5 Å². The normalized spacial score (nSPS) is 12.1. The minimum atomic E-state index is -0.447. The number of amides is 1. The molecule has 0 aromatic carbocycles. The van der Waals surface area contributed by atoms with E-state index in [1.165, 1.54) is 12.5 Å². The van der Waals surface area contributed by atoms with Gasteiger partial charge in [0.25, 0.3) is 11.1 Å². The van der Waals surface area contributed by atoms with Gasteiger partial charge in [0.05, 0.1) is 16.5 Å². The highest BCUT2D eigenvalue weighted by atomic mass is 35.5. The molecule has 3 aromatic heterocycles. The number of nitrogens with zero attached hydrogens (tertiary/aromatic N) is 3. The van der Waals surface area contributed by atoms with Crippen molar-refractivity contribution in [1.29, 1.82) is 0 Å². The van der Waals surface area contributed by atoms with Gasteiger partial charge in [-0.1, -0.05) is 23.4 Å². The van der Waals surface area contributed by atoms with Crippen molar-refractivity contribution in [3.05, 3.63) is 41.7 Å². The number of rotatable bonds is 5. The van der Waals surface area contributed by atoms with Crippen molar-refractivity contribution in [2.45, 2.75) is 17.4 Å². The maximum atomic E-state index is 12.1. The van der Waals surface area contributed by atoms with Crippen LogP contribution in [0.4, 0.5) is 5.82 Å². The summed E-state index contributed by atoms with van der Waals surface area (Å²) in [4.78, 5) is 16.1. The zero-order valence-corrected chi connectivity index (χ0v) is 13.5. The van der Waals surface area contributed by atoms with Crippen molar-refractivity contribution in [3.8, 4) is 11.7 Å². The lowest BCUT2D eigenvalue weighted by Crippen LogP contribution is -2.22. The molecule has 0 fully saturated rings.